The summed E-state index contributed by atoms with van der Waals surface area (Å²) in [4.78, 5) is 25.2. The molecular formula is C22H22N2O3S. The van der Waals surface area contributed by atoms with Crippen LogP contribution in [0.2, 0.25) is 0 Å². The number of benzene rings is 2. The zero-order valence-corrected chi connectivity index (χ0v) is 16.4. The van der Waals surface area contributed by atoms with Crippen LogP contribution in [0.3, 0.4) is 0 Å². The summed E-state index contributed by atoms with van der Waals surface area (Å²) in [5, 5.41) is 8.20. The van der Waals surface area contributed by atoms with E-state index in [0.29, 0.717) is 17.9 Å². The molecule has 1 heterocycles. The van der Waals surface area contributed by atoms with Crippen molar-refractivity contribution in [1.29, 1.82) is 0 Å². The molecule has 1 amide bonds. The largest absolute Gasteiger partial charge is 0.462 e. The van der Waals surface area contributed by atoms with E-state index < -0.39 is 0 Å². The zero-order valence-electron chi connectivity index (χ0n) is 15.6. The van der Waals surface area contributed by atoms with Crippen molar-refractivity contribution in [2.75, 3.05) is 18.5 Å². The molecule has 0 unspecified atom stereocenters. The first kappa shape index (κ1) is 19.8. The third-order valence-electron chi connectivity index (χ3n) is 4.11. The number of esters is 1. The van der Waals surface area contributed by atoms with Crippen molar-refractivity contribution in [1.82, 2.24) is 5.32 Å². The Bertz CT molecular complexity index is 893. The van der Waals surface area contributed by atoms with Crippen LogP contribution in [0.25, 0.3) is 0 Å². The molecule has 1 atom stereocenters. The van der Waals surface area contributed by atoms with Crippen LogP contribution in [0.4, 0.5) is 5.69 Å². The van der Waals surface area contributed by atoms with Crippen molar-refractivity contribution in [2.24, 2.45) is 0 Å². The molecule has 5 nitrogen and oxygen atoms in total. The normalized spacial score (nSPS) is 11.6. The smallest absolute Gasteiger partial charge is 0.338 e. The molecule has 3 rings (SSSR count). The van der Waals surface area contributed by atoms with Crippen molar-refractivity contribution >= 4 is 28.9 Å². The fourth-order valence-corrected chi connectivity index (χ4v) is 3.61. The first-order valence-corrected chi connectivity index (χ1v) is 9.94. The Balaban J connectivity index is 1.60. The van der Waals surface area contributed by atoms with Crippen LogP contribution >= 0.6 is 11.3 Å². The van der Waals surface area contributed by atoms with E-state index in [1.165, 1.54) is 0 Å². The molecule has 0 bridgehead atoms. The van der Waals surface area contributed by atoms with Gasteiger partial charge in [-0.05, 0) is 48.2 Å². The molecule has 0 saturated carbocycles. The van der Waals surface area contributed by atoms with Crippen LogP contribution in [0, 0.1) is 0 Å². The number of thiophene rings is 1. The Labute approximate surface area is 168 Å². The Kier molecular flexibility index (Phi) is 6.94. The van der Waals surface area contributed by atoms with E-state index in [-0.39, 0.29) is 24.5 Å². The van der Waals surface area contributed by atoms with Crippen molar-refractivity contribution in [3.63, 3.8) is 0 Å². The van der Waals surface area contributed by atoms with E-state index in [1.807, 2.05) is 41.8 Å². The van der Waals surface area contributed by atoms with Gasteiger partial charge in [-0.15, -0.1) is 11.3 Å². The highest BCUT2D eigenvalue weighted by molar-refractivity contribution is 7.10. The van der Waals surface area contributed by atoms with Gasteiger partial charge in [0.15, 0.2) is 0 Å². The SMILES string of the molecule is CCOC(=O)c1ccc(NC(=O)CN[C@@H](c2ccccc2)c2cccs2)cc1. The molecule has 0 aliphatic heterocycles. The van der Waals surface area contributed by atoms with Crippen LogP contribution in [-0.2, 0) is 9.53 Å². The summed E-state index contributed by atoms with van der Waals surface area (Å²) in [5.74, 6) is -0.523. The number of carbonyl (C=O) groups excluding carboxylic acids is 2. The minimum atomic E-state index is -0.372. The number of anilines is 1. The number of nitrogens with one attached hydrogen (secondary N) is 2. The fourth-order valence-electron chi connectivity index (χ4n) is 2.79. The van der Waals surface area contributed by atoms with Gasteiger partial charge in [-0.3, -0.25) is 10.1 Å². The topological polar surface area (TPSA) is 67.4 Å². The molecule has 2 N–H and O–H groups in total. The Morgan fingerprint density at radius 2 is 1.75 bits per heavy atom. The second-order valence-corrected chi connectivity index (χ2v) is 7.07. The highest BCUT2D eigenvalue weighted by atomic mass is 32.1. The maximum absolute atomic E-state index is 12.4. The third kappa shape index (κ3) is 5.28. The zero-order chi connectivity index (χ0) is 19.8. The molecule has 0 spiro atoms. The van der Waals surface area contributed by atoms with Crippen LogP contribution in [0.1, 0.15) is 33.8 Å². The molecule has 0 aliphatic carbocycles. The van der Waals surface area contributed by atoms with E-state index in [2.05, 4.69) is 16.7 Å². The van der Waals surface area contributed by atoms with E-state index in [9.17, 15) is 9.59 Å². The van der Waals surface area contributed by atoms with Crippen molar-refractivity contribution in [3.8, 4) is 0 Å². The van der Waals surface area contributed by atoms with E-state index in [1.54, 1.807) is 42.5 Å². The molecule has 28 heavy (non-hydrogen) atoms. The molecular weight excluding hydrogens is 372 g/mol. The lowest BCUT2D eigenvalue weighted by molar-refractivity contribution is -0.115. The summed E-state index contributed by atoms with van der Waals surface area (Å²) >= 11 is 1.65. The summed E-state index contributed by atoms with van der Waals surface area (Å²) in [6.07, 6.45) is 0. The second kappa shape index (κ2) is 9.82. The lowest BCUT2D eigenvalue weighted by Gasteiger charge is -2.18. The minimum Gasteiger partial charge on any atom is -0.462 e. The van der Waals surface area contributed by atoms with Gasteiger partial charge in [0.05, 0.1) is 24.8 Å². The molecule has 3 aromatic rings. The fraction of sp³-hybridized carbons (Fsp3) is 0.182. The number of hydrogen-bond acceptors (Lipinski definition) is 5. The highest BCUT2D eigenvalue weighted by Crippen LogP contribution is 2.25. The van der Waals surface area contributed by atoms with Crippen LogP contribution in [0.15, 0.2) is 72.1 Å². The van der Waals surface area contributed by atoms with Gasteiger partial charge in [0.2, 0.25) is 5.91 Å². The van der Waals surface area contributed by atoms with Gasteiger partial charge >= 0.3 is 5.97 Å². The number of ether oxygens (including phenoxy) is 1. The Morgan fingerprint density at radius 3 is 2.39 bits per heavy atom. The number of hydrogen-bond donors (Lipinski definition) is 2. The molecule has 1 aromatic heterocycles. The lowest BCUT2D eigenvalue weighted by Crippen LogP contribution is -2.31. The molecule has 6 heteroatoms. The van der Waals surface area contributed by atoms with E-state index in [4.69, 9.17) is 4.74 Å². The molecule has 2 aromatic carbocycles. The average Bonchev–Trinajstić information content (AvgIpc) is 3.24. The standard InChI is InChI=1S/C22H22N2O3S/c1-2-27-22(26)17-10-12-18(13-11-17)24-20(25)15-23-21(19-9-6-14-28-19)16-7-4-3-5-8-16/h3-14,21,23H,2,15H2,1H3,(H,24,25)/t21-/m0/s1. The molecule has 144 valence electrons. The first-order chi connectivity index (χ1) is 13.7. The van der Waals surface area contributed by atoms with Crippen molar-refractivity contribution in [2.45, 2.75) is 13.0 Å². The van der Waals surface area contributed by atoms with E-state index in [0.717, 1.165) is 10.4 Å². The summed E-state index contributed by atoms with van der Waals surface area (Å²) in [6.45, 7) is 2.26. The minimum absolute atomic E-state index is 0.0434. The van der Waals surface area contributed by atoms with Gasteiger partial charge in [0.1, 0.15) is 0 Å². The van der Waals surface area contributed by atoms with Gasteiger partial charge in [-0.25, -0.2) is 4.79 Å². The van der Waals surface area contributed by atoms with Gasteiger partial charge in [-0.1, -0.05) is 36.4 Å². The number of carbonyl (C=O) groups is 2. The molecule has 0 radical (unpaired) electrons. The monoisotopic (exact) mass is 394 g/mol. The predicted molar refractivity (Wildman–Crippen MR) is 112 cm³/mol. The van der Waals surface area contributed by atoms with Gasteiger partial charge in [0, 0.05) is 10.6 Å². The van der Waals surface area contributed by atoms with E-state index >= 15 is 0 Å². The first-order valence-electron chi connectivity index (χ1n) is 9.06. The van der Waals surface area contributed by atoms with Crippen LogP contribution in [-0.4, -0.2) is 25.0 Å². The van der Waals surface area contributed by atoms with Gasteiger partial charge in [-0.2, -0.15) is 0 Å². The van der Waals surface area contributed by atoms with Crippen molar-refractivity contribution in [3.05, 3.63) is 88.1 Å². The Morgan fingerprint density at radius 1 is 1.00 bits per heavy atom. The molecule has 0 saturated heterocycles. The summed E-state index contributed by atoms with van der Waals surface area (Å²) in [6, 6.07) is 20.7. The third-order valence-corrected chi connectivity index (χ3v) is 5.04. The maximum atomic E-state index is 12.4. The van der Waals surface area contributed by atoms with Crippen LogP contribution < -0.4 is 10.6 Å². The maximum Gasteiger partial charge on any atom is 0.338 e. The average molecular weight is 394 g/mol. The number of amides is 1. The lowest BCUT2D eigenvalue weighted by atomic mass is 10.1. The van der Waals surface area contributed by atoms with Crippen molar-refractivity contribution < 1.29 is 14.3 Å². The quantitative estimate of drug-likeness (QED) is 0.561. The predicted octanol–water partition coefficient (Wildman–Crippen LogP) is 4.24. The molecule has 0 aliphatic rings. The summed E-state index contributed by atoms with van der Waals surface area (Å²) < 4.78 is 4.96. The Hall–Kier alpha value is -2.96. The van der Waals surface area contributed by atoms with Gasteiger partial charge in [0.25, 0.3) is 0 Å². The highest BCUT2D eigenvalue weighted by Gasteiger charge is 2.16. The van der Waals surface area contributed by atoms with Gasteiger partial charge < -0.3 is 10.1 Å². The second-order valence-electron chi connectivity index (χ2n) is 6.09. The number of rotatable bonds is 8. The van der Waals surface area contributed by atoms with Crippen LogP contribution in [0.5, 0.6) is 0 Å². The summed E-state index contributed by atoms with van der Waals surface area (Å²) in [5.41, 5.74) is 2.20. The summed E-state index contributed by atoms with van der Waals surface area (Å²) in [7, 11) is 0. The molecule has 0 fully saturated rings.